The van der Waals surface area contributed by atoms with E-state index in [9.17, 15) is 9.18 Å². The van der Waals surface area contributed by atoms with E-state index in [-0.39, 0.29) is 17.8 Å². The minimum Gasteiger partial charge on any atom is -0.328 e. The largest absolute Gasteiger partial charge is 0.328 e. The molecule has 1 aliphatic heterocycles. The van der Waals surface area contributed by atoms with Crippen LogP contribution in [0.2, 0.25) is 0 Å². The maximum absolute atomic E-state index is 13.8. The maximum Gasteiger partial charge on any atom is 0.275 e. The zero-order chi connectivity index (χ0) is 19.8. The second kappa shape index (κ2) is 7.44. The molecule has 2 aromatic carbocycles. The minimum atomic E-state index is -0.283. The quantitative estimate of drug-likeness (QED) is 0.747. The van der Waals surface area contributed by atoms with Crippen molar-refractivity contribution in [3.63, 3.8) is 0 Å². The van der Waals surface area contributed by atoms with Crippen LogP contribution < -0.4 is 5.32 Å². The lowest BCUT2D eigenvalue weighted by Gasteiger charge is -2.36. The number of benzene rings is 2. The predicted molar refractivity (Wildman–Crippen MR) is 109 cm³/mol. The highest BCUT2D eigenvalue weighted by atomic mass is 19.1. The maximum atomic E-state index is 13.8. The van der Waals surface area contributed by atoms with Crippen LogP contribution in [0.1, 0.15) is 39.8 Å². The molecule has 0 spiro atoms. The van der Waals surface area contributed by atoms with E-state index in [0.29, 0.717) is 18.8 Å². The van der Waals surface area contributed by atoms with Crippen LogP contribution in [0, 0.1) is 5.82 Å². The van der Waals surface area contributed by atoms with Gasteiger partial charge >= 0.3 is 0 Å². The lowest BCUT2D eigenvalue weighted by Crippen LogP contribution is -2.49. The Bertz CT molecular complexity index is 1050. The molecule has 0 bridgehead atoms. The first-order chi connectivity index (χ1) is 14.2. The Balaban J connectivity index is 1.53. The lowest BCUT2D eigenvalue weighted by molar-refractivity contribution is 0.0626. The Labute approximate surface area is 169 Å². The molecule has 5 nitrogen and oxygen atoms in total. The molecular formula is C23H23FN4O. The normalized spacial score (nSPS) is 18.7. The van der Waals surface area contributed by atoms with Gasteiger partial charge in [0.05, 0.1) is 11.7 Å². The zero-order valence-corrected chi connectivity index (χ0v) is 16.1. The lowest BCUT2D eigenvalue weighted by atomic mass is 10.0. The second-order valence-corrected chi connectivity index (χ2v) is 7.65. The summed E-state index contributed by atoms with van der Waals surface area (Å²) in [6.07, 6.45) is 2.84. The molecule has 1 atom stereocenters. The van der Waals surface area contributed by atoms with Crippen LogP contribution in [-0.2, 0) is 12.8 Å². The molecule has 1 unspecified atom stereocenters. The van der Waals surface area contributed by atoms with Gasteiger partial charge in [0.25, 0.3) is 5.91 Å². The Hall–Kier alpha value is -2.99. The summed E-state index contributed by atoms with van der Waals surface area (Å²) in [5.74, 6) is -0.344. The fourth-order valence-electron chi connectivity index (χ4n) is 4.49. The van der Waals surface area contributed by atoms with Crippen molar-refractivity contribution in [1.29, 1.82) is 0 Å². The fourth-order valence-corrected chi connectivity index (χ4v) is 4.49. The van der Waals surface area contributed by atoms with Crippen molar-refractivity contribution < 1.29 is 9.18 Å². The van der Waals surface area contributed by atoms with Crippen molar-refractivity contribution >= 4 is 5.91 Å². The Morgan fingerprint density at radius 1 is 1.10 bits per heavy atom. The number of aromatic nitrogens is 2. The predicted octanol–water partition coefficient (Wildman–Crippen LogP) is 3.29. The summed E-state index contributed by atoms with van der Waals surface area (Å²) in [6, 6.07) is 16.3. The topological polar surface area (TPSA) is 50.2 Å². The monoisotopic (exact) mass is 390 g/mol. The summed E-state index contributed by atoms with van der Waals surface area (Å²) in [4.78, 5) is 15.5. The van der Waals surface area contributed by atoms with E-state index in [1.54, 1.807) is 6.07 Å². The Morgan fingerprint density at radius 3 is 2.79 bits per heavy atom. The van der Waals surface area contributed by atoms with E-state index < -0.39 is 0 Å². The number of carbonyl (C=O) groups is 1. The van der Waals surface area contributed by atoms with E-state index in [1.807, 2.05) is 46.0 Å². The number of nitrogens with one attached hydrogen (secondary N) is 1. The second-order valence-electron chi connectivity index (χ2n) is 7.65. The van der Waals surface area contributed by atoms with Gasteiger partial charge in [-0.2, -0.15) is 5.10 Å². The summed E-state index contributed by atoms with van der Waals surface area (Å²) in [5, 5.41) is 8.08. The molecule has 0 saturated carbocycles. The van der Waals surface area contributed by atoms with E-state index >= 15 is 0 Å². The SMILES string of the molecule is O=C(c1nn(-c2ccccc2)c2c1CCC2)N1CCNCC1c1cccc(F)c1. The molecule has 5 rings (SSSR count). The van der Waals surface area contributed by atoms with Crippen molar-refractivity contribution in [3.05, 3.63) is 82.9 Å². The van der Waals surface area contributed by atoms with Gasteiger partial charge in [0.1, 0.15) is 5.82 Å². The number of piperazine rings is 1. The molecule has 6 heteroatoms. The molecule has 1 amide bonds. The number of nitrogens with zero attached hydrogens (tertiary/aromatic N) is 3. The summed E-state index contributed by atoms with van der Waals surface area (Å²) in [7, 11) is 0. The molecule has 29 heavy (non-hydrogen) atoms. The van der Waals surface area contributed by atoms with Crippen LogP contribution in [0.5, 0.6) is 0 Å². The first-order valence-corrected chi connectivity index (χ1v) is 10.2. The number of para-hydroxylation sites is 1. The summed E-state index contributed by atoms with van der Waals surface area (Å²) in [5.41, 5.74) is 4.54. The summed E-state index contributed by atoms with van der Waals surface area (Å²) in [6.45, 7) is 1.91. The van der Waals surface area contributed by atoms with Gasteiger partial charge < -0.3 is 10.2 Å². The van der Waals surface area contributed by atoms with Crippen LogP contribution in [0.3, 0.4) is 0 Å². The van der Waals surface area contributed by atoms with Crippen LogP contribution in [-0.4, -0.2) is 40.2 Å². The van der Waals surface area contributed by atoms with E-state index in [4.69, 9.17) is 5.10 Å². The number of hydrogen-bond acceptors (Lipinski definition) is 3. The molecule has 148 valence electrons. The Morgan fingerprint density at radius 2 is 1.97 bits per heavy atom. The van der Waals surface area contributed by atoms with Gasteiger partial charge in [0, 0.05) is 30.9 Å². The fraction of sp³-hybridized carbons (Fsp3) is 0.304. The first kappa shape index (κ1) is 18.1. The molecule has 1 fully saturated rings. The highest BCUT2D eigenvalue weighted by Crippen LogP contribution is 2.31. The molecule has 1 aromatic heterocycles. The van der Waals surface area contributed by atoms with Crippen molar-refractivity contribution in [2.45, 2.75) is 25.3 Å². The number of rotatable bonds is 3. The molecule has 1 aliphatic carbocycles. The van der Waals surface area contributed by atoms with E-state index in [1.165, 1.54) is 12.1 Å². The highest BCUT2D eigenvalue weighted by Gasteiger charge is 2.34. The van der Waals surface area contributed by atoms with Crippen molar-refractivity contribution in [2.24, 2.45) is 0 Å². The molecule has 2 aliphatic rings. The molecule has 1 saturated heterocycles. The molecule has 1 N–H and O–H groups in total. The summed E-state index contributed by atoms with van der Waals surface area (Å²) >= 11 is 0. The van der Waals surface area contributed by atoms with Gasteiger partial charge in [0.15, 0.2) is 5.69 Å². The van der Waals surface area contributed by atoms with Crippen LogP contribution in [0.25, 0.3) is 5.69 Å². The minimum absolute atomic E-state index is 0.0615. The third-order valence-electron chi connectivity index (χ3n) is 5.87. The van der Waals surface area contributed by atoms with Crippen molar-refractivity contribution in [2.75, 3.05) is 19.6 Å². The number of carbonyl (C=O) groups excluding carboxylic acids is 1. The average molecular weight is 390 g/mol. The van der Waals surface area contributed by atoms with Gasteiger partial charge in [-0.25, -0.2) is 9.07 Å². The Kier molecular flexibility index (Phi) is 4.64. The average Bonchev–Trinajstić information content (AvgIpc) is 3.37. The van der Waals surface area contributed by atoms with Gasteiger partial charge in [-0.3, -0.25) is 4.79 Å². The van der Waals surface area contributed by atoms with Crippen LogP contribution in [0.4, 0.5) is 4.39 Å². The number of amides is 1. The number of hydrogen-bond donors (Lipinski definition) is 1. The van der Waals surface area contributed by atoms with Gasteiger partial charge in [0.2, 0.25) is 0 Å². The van der Waals surface area contributed by atoms with Gasteiger partial charge in [-0.15, -0.1) is 0 Å². The molecule has 3 aromatic rings. The smallest absolute Gasteiger partial charge is 0.275 e. The number of fused-ring (bicyclic) bond motifs is 1. The molecule has 0 radical (unpaired) electrons. The van der Waals surface area contributed by atoms with Crippen LogP contribution >= 0.6 is 0 Å². The van der Waals surface area contributed by atoms with Gasteiger partial charge in [-0.1, -0.05) is 30.3 Å². The van der Waals surface area contributed by atoms with Crippen LogP contribution in [0.15, 0.2) is 54.6 Å². The van der Waals surface area contributed by atoms with E-state index in [2.05, 4.69) is 5.32 Å². The third kappa shape index (κ3) is 3.23. The molecular weight excluding hydrogens is 367 g/mol. The molecule has 2 heterocycles. The van der Waals surface area contributed by atoms with Crippen molar-refractivity contribution in [3.8, 4) is 5.69 Å². The first-order valence-electron chi connectivity index (χ1n) is 10.2. The standard InChI is InChI=1S/C23H23FN4O/c24-17-7-4-6-16(14-17)21-15-25-12-13-27(21)23(29)22-19-10-5-11-20(19)28(26-22)18-8-2-1-3-9-18/h1-4,6-9,14,21,25H,5,10-13,15H2. The number of halogens is 1. The van der Waals surface area contributed by atoms with Crippen molar-refractivity contribution in [1.82, 2.24) is 20.0 Å². The zero-order valence-electron chi connectivity index (χ0n) is 16.1. The summed E-state index contributed by atoms with van der Waals surface area (Å²) < 4.78 is 15.7. The van der Waals surface area contributed by atoms with E-state index in [0.717, 1.165) is 48.3 Å². The third-order valence-corrected chi connectivity index (χ3v) is 5.87. The highest BCUT2D eigenvalue weighted by molar-refractivity contribution is 5.94. The van der Waals surface area contributed by atoms with Gasteiger partial charge in [-0.05, 0) is 49.1 Å².